The molecular formula is C16H14N2O4. The van der Waals surface area contributed by atoms with Crippen molar-refractivity contribution >= 4 is 22.9 Å². The number of ether oxygens (including phenoxy) is 1. The first-order chi connectivity index (χ1) is 10.6. The average molecular weight is 298 g/mol. The Bertz CT molecular complexity index is 865. The molecule has 0 radical (unpaired) electrons. The Morgan fingerprint density at radius 1 is 1.23 bits per heavy atom. The maximum absolute atomic E-state index is 11.8. The summed E-state index contributed by atoms with van der Waals surface area (Å²) in [5.41, 5.74) is 2.51. The Morgan fingerprint density at radius 3 is 2.77 bits per heavy atom. The average Bonchev–Trinajstić information content (AvgIpc) is 2.81. The maximum Gasteiger partial charge on any atom is 0.419 e. The summed E-state index contributed by atoms with van der Waals surface area (Å²) in [5.74, 6) is -0.446. The molecule has 0 unspecified atom stereocenters. The van der Waals surface area contributed by atoms with Crippen molar-refractivity contribution in [3.05, 3.63) is 64.6 Å². The molecule has 0 atom stereocenters. The van der Waals surface area contributed by atoms with Crippen molar-refractivity contribution in [2.24, 2.45) is 7.05 Å². The standard InChI is InChI=1S/C16H14N2O4/c1-18-13-9-12(7-8-14(13)22-16(18)20)17-15(19)21-10-11-5-3-2-4-6-11/h2-9H,10H2,1H3,(H,17,19). The van der Waals surface area contributed by atoms with Gasteiger partial charge in [0.1, 0.15) is 6.61 Å². The van der Waals surface area contributed by atoms with Gasteiger partial charge in [0.15, 0.2) is 5.58 Å². The molecule has 22 heavy (non-hydrogen) atoms. The van der Waals surface area contributed by atoms with Gasteiger partial charge < -0.3 is 9.15 Å². The highest BCUT2D eigenvalue weighted by molar-refractivity contribution is 5.88. The summed E-state index contributed by atoms with van der Waals surface area (Å²) in [6.07, 6.45) is -0.559. The molecule has 1 amide bonds. The van der Waals surface area contributed by atoms with Crippen LogP contribution in [0.2, 0.25) is 0 Å². The molecule has 1 aromatic heterocycles. The van der Waals surface area contributed by atoms with E-state index >= 15 is 0 Å². The molecule has 0 saturated heterocycles. The van der Waals surface area contributed by atoms with Gasteiger partial charge in [0.2, 0.25) is 0 Å². The van der Waals surface area contributed by atoms with E-state index in [0.717, 1.165) is 5.56 Å². The van der Waals surface area contributed by atoms with Gasteiger partial charge in [-0.15, -0.1) is 0 Å². The molecule has 0 aliphatic heterocycles. The van der Waals surface area contributed by atoms with Crippen LogP contribution in [0.15, 0.2) is 57.7 Å². The smallest absolute Gasteiger partial charge is 0.419 e. The molecule has 1 N–H and O–H groups in total. The number of amides is 1. The van der Waals surface area contributed by atoms with Crippen LogP contribution < -0.4 is 11.1 Å². The van der Waals surface area contributed by atoms with Gasteiger partial charge in [-0.25, -0.2) is 9.59 Å². The van der Waals surface area contributed by atoms with Crippen LogP contribution in [0.5, 0.6) is 0 Å². The normalized spacial score (nSPS) is 10.6. The lowest BCUT2D eigenvalue weighted by molar-refractivity contribution is 0.155. The number of benzene rings is 2. The van der Waals surface area contributed by atoms with Crippen molar-refractivity contribution in [2.45, 2.75) is 6.61 Å². The molecular weight excluding hydrogens is 284 g/mol. The van der Waals surface area contributed by atoms with Crippen LogP contribution in [0, 0.1) is 0 Å². The van der Waals surface area contributed by atoms with Crippen LogP contribution in [-0.2, 0) is 18.4 Å². The first-order valence-electron chi connectivity index (χ1n) is 6.71. The number of hydrogen-bond donors (Lipinski definition) is 1. The molecule has 6 nitrogen and oxygen atoms in total. The Balaban J connectivity index is 1.68. The molecule has 0 aliphatic carbocycles. The van der Waals surface area contributed by atoms with Gasteiger partial charge in [-0.1, -0.05) is 30.3 Å². The van der Waals surface area contributed by atoms with E-state index in [0.29, 0.717) is 16.8 Å². The zero-order valence-corrected chi connectivity index (χ0v) is 11.9. The Labute approximate surface area is 125 Å². The predicted molar refractivity (Wildman–Crippen MR) is 81.7 cm³/mol. The molecule has 0 aliphatic rings. The summed E-state index contributed by atoms with van der Waals surface area (Å²) in [4.78, 5) is 23.2. The number of anilines is 1. The van der Waals surface area contributed by atoms with Crippen LogP contribution in [0.25, 0.3) is 11.1 Å². The number of nitrogens with zero attached hydrogens (tertiary/aromatic N) is 1. The molecule has 0 bridgehead atoms. The first kappa shape index (κ1) is 13.9. The van der Waals surface area contributed by atoms with Crippen molar-refractivity contribution in [2.75, 3.05) is 5.32 Å². The third-order valence-corrected chi connectivity index (χ3v) is 3.25. The number of aryl methyl sites for hydroxylation is 1. The Morgan fingerprint density at radius 2 is 2.00 bits per heavy atom. The van der Waals surface area contributed by atoms with E-state index in [1.165, 1.54) is 4.57 Å². The number of oxazole rings is 1. The number of carbonyl (C=O) groups is 1. The highest BCUT2D eigenvalue weighted by atomic mass is 16.5. The SMILES string of the molecule is Cn1c(=O)oc2ccc(NC(=O)OCc3ccccc3)cc21. The van der Waals surface area contributed by atoms with E-state index in [9.17, 15) is 9.59 Å². The molecule has 3 aromatic rings. The summed E-state index contributed by atoms with van der Waals surface area (Å²) >= 11 is 0. The van der Waals surface area contributed by atoms with E-state index in [2.05, 4.69) is 5.32 Å². The van der Waals surface area contributed by atoms with E-state index in [1.807, 2.05) is 30.3 Å². The van der Waals surface area contributed by atoms with Gasteiger partial charge in [0, 0.05) is 12.7 Å². The predicted octanol–water partition coefficient (Wildman–Crippen LogP) is 2.88. The second-order valence-corrected chi connectivity index (χ2v) is 4.80. The Hall–Kier alpha value is -3.02. The second kappa shape index (κ2) is 5.77. The number of aromatic nitrogens is 1. The summed E-state index contributed by atoms with van der Waals surface area (Å²) in [5, 5.41) is 2.62. The van der Waals surface area contributed by atoms with Gasteiger partial charge in [-0.3, -0.25) is 9.88 Å². The third-order valence-electron chi connectivity index (χ3n) is 3.25. The summed E-state index contributed by atoms with van der Waals surface area (Å²) < 4.78 is 11.5. The largest absolute Gasteiger partial charge is 0.444 e. The van der Waals surface area contributed by atoms with Gasteiger partial charge >= 0.3 is 11.8 Å². The zero-order chi connectivity index (χ0) is 15.5. The van der Waals surface area contributed by atoms with E-state index < -0.39 is 11.8 Å². The summed E-state index contributed by atoms with van der Waals surface area (Å²) in [7, 11) is 1.60. The van der Waals surface area contributed by atoms with Crippen molar-refractivity contribution in [1.29, 1.82) is 0 Å². The second-order valence-electron chi connectivity index (χ2n) is 4.80. The molecule has 0 saturated carbocycles. The van der Waals surface area contributed by atoms with Crippen LogP contribution >= 0.6 is 0 Å². The van der Waals surface area contributed by atoms with Gasteiger partial charge in [-0.2, -0.15) is 0 Å². The number of hydrogen-bond acceptors (Lipinski definition) is 4. The maximum atomic E-state index is 11.8. The highest BCUT2D eigenvalue weighted by Crippen LogP contribution is 2.18. The lowest BCUT2D eigenvalue weighted by atomic mass is 10.2. The molecule has 1 heterocycles. The highest BCUT2D eigenvalue weighted by Gasteiger charge is 2.09. The molecule has 6 heteroatoms. The quantitative estimate of drug-likeness (QED) is 0.807. The van der Waals surface area contributed by atoms with Crippen molar-refractivity contribution in [3.8, 4) is 0 Å². The fourth-order valence-corrected chi connectivity index (χ4v) is 2.08. The number of rotatable bonds is 3. The minimum Gasteiger partial charge on any atom is -0.444 e. The topological polar surface area (TPSA) is 73.5 Å². The molecule has 0 spiro atoms. The van der Waals surface area contributed by atoms with E-state index in [1.54, 1.807) is 25.2 Å². The van der Waals surface area contributed by atoms with E-state index in [4.69, 9.17) is 9.15 Å². The van der Waals surface area contributed by atoms with Crippen molar-refractivity contribution in [3.63, 3.8) is 0 Å². The van der Waals surface area contributed by atoms with Crippen LogP contribution in [0.4, 0.5) is 10.5 Å². The van der Waals surface area contributed by atoms with Crippen molar-refractivity contribution in [1.82, 2.24) is 4.57 Å². The fraction of sp³-hybridized carbons (Fsp3) is 0.125. The fourth-order valence-electron chi connectivity index (χ4n) is 2.08. The monoisotopic (exact) mass is 298 g/mol. The molecule has 2 aromatic carbocycles. The number of fused-ring (bicyclic) bond motifs is 1. The molecule has 3 rings (SSSR count). The summed E-state index contributed by atoms with van der Waals surface area (Å²) in [6, 6.07) is 14.3. The van der Waals surface area contributed by atoms with Gasteiger partial charge in [0.05, 0.1) is 5.52 Å². The number of nitrogens with one attached hydrogen (secondary N) is 1. The molecule has 112 valence electrons. The van der Waals surface area contributed by atoms with Gasteiger partial charge in [0.25, 0.3) is 0 Å². The minimum absolute atomic E-state index is 0.194. The van der Waals surface area contributed by atoms with Crippen LogP contribution in [0.3, 0.4) is 0 Å². The first-order valence-corrected chi connectivity index (χ1v) is 6.71. The van der Waals surface area contributed by atoms with Crippen LogP contribution in [0.1, 0.15) is 5.56 Å². The minimum atomic E-state index is -0.559. The number of carbonyl (C=O) groups excluding carboxylic acids is 1. The lowest BCUT2D eigenvalue weighted by Gasteiger charge is -2.07. The van der Waals surface area contributed by atoms with E-state index in [-0.39, 0.29) is 6.61 Å². The lowest BCUT2D eigenvalue weighted by Crippen LogP contribution is -2.13. The van der Waals surface area contributed by atoms with Crippen molar-refractivity contribution < 1.29 is 13.9 Å². The van der Waals surface area contributed by atoms with Gasteiger partial charge in [-0.05, 0) is 23.8 Å². The molecule has 0 fully saturated rings. The Kier molecular flexibility index (Phi) is 3.65. The van der Waals surface area contributed by atoms with Crippen LogP contribution in [-0.4, -0.2) is 10.7 Å². The summed E-state index contributed by atoms with van der Waals surface area (Å²) in [6.45, 7) is 0.194. The third kappa shape index (κ3) is 2.85. The zero-order valence-electron chi connectivity index (χ0n) is 11.9.